The van der Waals surface area contributed by atoms with E-state index in [1.807, 2.05) is 12.1 Å². The maximum Gasteiger partial charge on any atom is 0.0684 e. The molecule has 0 aromatic heterocycles. The molecule has 0 bridgehead atoms. The predicted octanol–water partition coefficient (Wildman–Crippen LogP) is 5.45. The van der Waals surface area contributed by atoms with Gasteiger partial charge in [0.05, 0.1) is 6.61 Å². The molecular weight excluding hydrogens is 328 g/mol. The second-order valence-corrected chi connectivity index (χ2v) is 7.47. The van der Waals surface area contributed by atoms with Crippen molar-refractivity contribution in [3.63, 3.8) is 0 Å². The molecule has 1 aliphatic carbocycles. The summed E-state index contributed by atoms with van der Waals surface area (Å²) in [4.78, 5) is 0. The zero-order valence-electron chi connectivity index (χ0n) is 15.9. The number of aliphatic hydroxyl groups is 1. The van der Waals surface area contributed by atoms with Crippen molar-refractivity contribution < 1.29 is 5.11 Å². The normalized spacial score (nSPS) is 12.7. The Bertz CT molecular complexity index is 964. The number of benzene rings is 3. The fourth-order valence-corrected chi connectivity index (χ4v) is 4.06. The first-order valence-corrected chi connectivity index (χ1v) is 9.78. The van der Waals surface area contributed by atoms with Gasteiger partial charge in [-0.1, -0.05) is 78.4 Å². The Morgan fingerprint density at radius 1 is 0.778 bits per heavy atom. The molecule has 0 unspecified atom stereocenters. The summed E-state index contributed by atoms with van der Waals surface area (Å²) < 4.78 is 0. The molecule has 1 heteroatoms. The number of hydrogen-bond donors (Lipinski definition) is 1. The van der Waals surface area contributed by atoms with Gasteiger partial charge in [0.2, 0.25) is 0 Å². The van der Waals surface area contributed by atoms with E-state index in [0.29, 0.717) is 0 Å². The molecule has 0 heterocycles. The molecule has 1 aliphatic rings. The minimum Gasteiger partial charge on any atom is -0.392 e. The van der Waals surface area contributed by atoms with Crippen molar-refractivity contribution in [2.45, 2.75) is 39.2 Å². The molecule has 3 aromatic rings. The van der Waals surface area contributed by atoms with E-state index in [2.05, 4.69) is 67.6 Å². The molecule has 3 aromatic carbocycles. The zero-order valence-corrected chi connectivity index (χ0v) is 15.9. The van der Waals surface area contributed by atoms with E-state index in [9.17, 15) is 5.11 Å². The van der Waals surface area contributed by atoms with Crippen LogP contribution in [0.5, 0.6) is 0 Å². The molecule has 27 heavy (non-hydrogen) atoms. The van der Waals surface area contributed by atoms with E-state index in [0.717, 1.165) is 31.2 Å². The smallest absolute Gasteiger partial charge is 0.0684 e. The minimum absolute atomic E-state index is 0.103. The molecule has 0 fully saturated rings. The lowest BCUT2D eigenvalue weighted by Crippen LogP contribution is -2.01. The molecule has 1 nitrogen and oxygen atoms in total. The van der Waals surface area contributed by atoms with Crippen molar-refractivity contribution in [3.8, 4) is 0 Å². The van der Waals surface area contributed by atoms with Crippen molar-refractivity contribution in [2.75, 3.05) is 0 Å². The average molecular weight is 354 g/mol. The lowest BCUT2D eigenvalue weighted by atomic mass is 9.90. The van der Waals surface area contributed by atoms with E-state index < -0.39 is 0 Å². The second kappa shape index (κ2) is 7.94. The van der Waals surface area contributed by atoms with E-state index in [-0.39, 0.29) is 6.61 Å². The first-order chi connectivity index (χ1) is 13.2. The van der Waals surface area contributed by atoms with Gasteiger partial charge in [0.1, 0.15) is 0 Å². The molecule has 136 valence electrons. The molecule has 0 saturated carbocycles. The third-order valence-electron chi connectivity index (χ3n) is 5.60. The van der Waals surface area contributed by atoms with Crippen LogP contribution in [0.15, 0.2) is 72.8 Å². The summed E-state index contributed by atoms with van der Waals surface area (Å²) in [5, 5.41) is 9.65. The van der Waals surface area contributed by atoms with Crippen molar-refractivity contribution >= 4 is 5.57 Å². The highest BCUT2D eigenvalue weighted by molar-refractivity contribution is 5.77. The molecule has 0 saturated heterocycles. The highest BCUT2D eigenvalue weighted by Crippen LogP contribution is 2.34. The Morgan fingerprint density at radius 2 is 1.52 bits per heavy atom. The fraction of sp³-hybridized carbons (Fsp3) is 0.231. The Labute approximate surface area is 162 Å². The zero-order chi connectivity index (χ0) is 18.6. The molecule has 1 N–H and O–H groups in total. The quantitative estimate of drug-likeness (QED) is 0.624. The molecular formula is C26H26O. The Hall–Kier alpha value is -2.64. The summed E-state index contributed by atoms with van der Waals surface area (Å²) in [5.41, 5.74) is 10.7. The SMILES string of the molecule is Cc1ccc(CCc2cccc3c2C(Cc2ccccc2CO)=CC3)cc1. The maximum atomic E-state index is 9.65. The summed E-state index contributed by atoms with van der Waals surface area (Å²) in [6.07, 6.45) is 6.41. The van der Waals surface area contributed by atoms with Crippen LogP contribution < -0.4 is 0 Å². The van der Waals surface area contributed by atoms with Crippen molar-refractivity contribution in [3.05, 3.63) is 112 Å². The standard InChI is InChI=1S/C26H26O/c1-19-9-11-20(12-10-19)13-14-21-7-4-8-22-15-16-24(26(21)22)17-23-5-2-3-6-25(23)18-27/h2-12,16,27H,13-15,17-18H2,1H3. The summed E-state index contributed by atoms with van der Waals surface area (Å²) in [6, 6.07) is 23.8. The van der Waals surface area contributed by atoms with Crippen LogP contribution in [0, 0.1) is 6.92 Å². The number of allylic oxidation sites excluding steroid dienone is 2. The van der Waals surface area contributed by atoms with Crippen molar-refractivity contribution in [1.82, 2.24) is 0 Å². The Balaban J connectivity index is 1.57. The van der Waals surface area contributed by atoms with E-state index in [1.165, 1.54) is 39.0 Å². The number of aliphatic hydroxyl groups excluding tert-OH is 1. The second-order valence-electron chi connectivity index (χ2n) is 7.47. The molecule has 4 rings (SSSR count). The van der Waals surface area contributed by atoms with Gasteiger partial charge in [-0.25, -0.2) is 0 Å². The number of aryl methyl sites for hydroxylation is 3. The molecule has 0 amide bonds. The van der Waals surface area contributed by atoms with Crippen molar-refractivity contribution in [2.24, 2.45) is 0 Å². The van der Waals surface area contributed by atoms with E-state index >= 15 is 0 Å². The van der Waals surface area contributed by atoms with Gasteiger partial charge in [-0.3, -0.25) is 0 Å². The molecule has 0 radical (unpaired) electrons. The number of fused-ring (bicyclic) bond motifs is 1. The van der Waals surface area contributed by atoms with Gasteiger partial charge >= 0.3 is 0 Å². The lowest BCUT2D eigenvalue weighted by molar-refractivity contribution is 0.281. The van der Waals surface area contributed by atoms with Crippen LogP contribution >= 0.6 is 0 Å². The van der Waals surface area contributed by atoms with Gasteiger partial charge in [0.15, 0.2) is 0 Å². The molecule has 0 spiro atoms. The van der Waals surface area contributed by atoms with Crippen LogP contribution in [0.1, 0.15) is 38.9 Å². The number of rotatable bonds is 6. The average Bonchev–Trinajstić information content (AvgIpc) is 3.11. The molecule has 0 atom stereocenters. The van der Waals surface area contributed by atoms with Crippen LogP contribution in [0.25, 0.3) is 5.57 Å². The van der Waals surface area contributed by atoms with E-state index in [1.54, 1.807) is 0 Å². The lowest BCUT2D eigenvalue weighted by Gasteiger charge is -2.14. The van der Waals surface area contributed by atoms with Gasteiger partial charge < -0.3 is 5.11 Å². The van der Waals surface area contributed by atoms with Gasteiger partial charge in [0.25, 0.3) is 0 Å². The third-order valence-corrected chi connectivity index (χ3v) is 5.60. The van der Waals surface area contributed by atoms with Crippen LogP contribution in [-0.4, -0.2) is 5.11 Å². The van der Waals surface area contributed by atoms with Gasteiger partial charge in [-0.05, 0) is 71.6 Å². The molecule has 0 aliphatic heterocycles. The first-order valence-electron chi connectivity index (χ1n) is 9.78. The summed E-state index contributed by atoms with van der Waals surface area (Å²) in [5.74, 6) is 0. The van der Waals surface area contributed by atoms with Gasteiger partial charge in [-0.2, -0.15) is 0 Å². The van der Waals surface area contributed by atoms with Crippen LogP contribution in [-0.2, 0) is 32.3 Å². The fourth-order valence-electron chi connectivity index (χ4n) is 4.06. The van der Waals surface area contributed by atoms with Gasteiger partial charge in [0, 0.05) is 0 Å². The third kappa shape index (κ3) is 3.89. The first kappa shape index (κ1) is 17.8. The van der Waals surface area contributed by atoms with Crippen LogP contribution in [0.4, 0.5) is 0 Å². The van der Waals surface area contributed by atoms with Gasteiger partial charge in [-0.15, -0.1) is 0 Å². The van der Waals surface area contributed by atoms with Crippen molar-refractivity contribution in [1.29, 1.82) is 0 Å². The predicted molar refractivity (Wildman–Crippen MR) is 113 cm³/mol. The summed E-state index contributed by atoms with van der Waals surface area (Å²) in [7, 11) is 0. The Kier molecular flexibility index (Phi) is 5.22. The van der Waals surface area contributed by atoms with E-state index in [4.69, 9.17) is 0 Å². The monoisotopic (exact) mass is 354 g/mol. The topological polar surface area (TPSA) is 20.2 Å². The maximum absolute atomic E-state index is 9.65. The van der Waals surface area contributed by atoms with Crippen LogP contribution in [0.3, 0.4) is 0 Å². The summed E-state index contributed by atoms with van der Waals surface area (Å²) >= 11 is 0. The Morgan fingerprint density at radius 3 is 2.30 bits per heavy atom. The largest absolute Gasteiger partial charge is 0.392 e. The van der Waals surface area contributed by atoms with Crippen LogP contribution in [0.2, 0.25) is 0 Å². The summed E-state index contributed by atoms with van der Waals surface area (Å²) in [6.45, 7) is 2.24. The highest BCUT2D eigenvalue weighted by atomic mass is 16.3. The number of hydrogen-bond acceptors (Lipinski definition) is 1. The minimum atomic E-state index is 0.103. The highest BCUT2D eigenvalue weighted by Gasteiger charge is 2.18.